The van der Waals surface area contributed by atoms with Crippen LogP contribution < -0.4 is 5.32 Å². The first kappa shape index (κ1) is 14.2. The van der Waals surface area contributed by atoms with Crippen LogP contribution in [0.15, 0.2) is 40.9 Å². The first-order chi connectivity index (χ1) is 9.02. The van der Waals surface area contributed by atoms with E-state index in [1.807, 2.05) is 13.1 Å². The van der Waals surface area contributed by atoms with Crippen LogP contribution in [0.25, 0.3) is 0 Å². The zero-order valence-corrected chi connectivity index (χ0v) is 12.9. The van der Waals surface area contributed by atoms with Crippen molar-refractivity contribution in [2.75, 3.05) is 7.05 Å². The highest BCUT2D eigenvalue weighted by molar-refractivity contribution is 9.10. The van der Waals surface area contributed by atoms with Gasteiger partial charge in [-0.3, -0.25) is 0 Å². The summed E-state index contributed by atoms with van der Waals surface area (Å²) in [6.07, 6.45) is 0. The first-order valence-corrected chi connectivity index (χ1v) is 7.01. The van der Waals surface area contributed by atoms with Crippen molar-refractivity contribution in [2.45, 2.75) is 19.9 Å². The van der Waals surface area contributed by atoms with Crippen LogP contribution in [0, 0.1) is 19.7 Å². The topological polar surface area (TPSA) is 12.0 Å². The maximum absolute atomic E-state index is 13.2. The normalized spacial score (nSPS) is 12.5. The quantitative estimate of drug-likeness (QED) is 0.876. The summed E-state index contributed by atoms with van der Waals surface area (Å²) >= 11 is 3.45. The summed E-state index contributed by atoms with van der Waals surface area (Å²) in [4.78, 5) is 0. The second kappa shape index (κ2) is 5.85. The molecule has 1 nitrogen and oxygen atoms in total. The molecule has 0 saturated heterocycles. The van der Waals surface area contributed by atoms with Gasteiger partial charge in [-0.15, -0.1) is 0 Å². The lowest BCUT2D eigenvalue weighted by atomic mass is 9.93. The summed E-state index contributed by atoms with van der Waals surface area (Å²) in [5.41, 5.74) is 4.70. The van der Waals surface area contributed by atoms with Crippen molar-refractivity contribution >= 4 is 15.9 Å². The number of hydrogen-bond acceptors (Lipinski definition) is 1. The highest BCUT2D eigenvalue weighted by Crippen LogP contribution is 2.31. The Kier molecular flexibility index (Phi) is 4.38. The molecule has 1 atom stereocenters. The van der Waals surface area contributed by atoms with E-state index in [0.717, 1.165) is 10.0 Å². The molecule has 0 saturated carbocycles. The fraction of sp³-hybridized carbons (Fsp3) is 0.250. The molecule has 3 heteroatoms. The molecule has 0 amide bonds. The second-order valence-corrected chi connectivity index (χ2v) is 5.60. The van der Waals surface area contributed by atoms with Crippen molar-refractivity contribution in [1.82, 2.24) is 5.32 Å². The minimum Gasteiger partial charge on any atom is -0.309 e. The summed E-state index contributed by atoms with van der Waals surface area (Å²) in [5.74, 6) is -0.230. The lowest BCUT2D eigenvalue weighted by molar-refractivity contribution is 0.621. The molecular formula is C16H17BrFN. The number of aryl methyl sites for hydroxylation is 2. The summed E-state index contributed by atoms with van der Waals surface area (Å²) in [5, 5.41) is 3.31. The molecule has 0 radical (unpaired) electrons. The Morgan fingerprint density at radius 3 is 2.42 bits per heavy atom. The summed E-state index contributed by atoms with van der Waals surface area (Å²) < 4.78 is 14.0. The molecule has 19 heavy (non-hydrogen) atoms. The van der Waals surface area contributed by atoms with Crippen molar-refractivity contribution in [2.24, 2.45) is 0 Å². The zero-order chi connectivity index (χ0) is 14.0. The zero-order valence-electron chi connectivity index (χ0n) is 11.3. The third kappa shape index (κ3) is 3.04. The number of halogens is 2. The molecular weight excluding hydrogens is 305 g/mol. The van der Waals surface area contributed by atoms with Crippen LogP contribution in [0.4, 0.5) is 4.39 Å². The Morgan fingerprint density at radius 2 is 1.79 bits per heavy atom. The number of hydrogen-bond donors (Lipinski definition) is 1. The Labute approximate surface area is 122 Å². The van der Waals surface area contributed by atoms with Gasteiger partial charge in [-0.25, -0.2) is 4.39 Å². The molecule has 1 unspecified atom stereocenters. The van der Waals surface area contributed by atoms with Crippen LogP contribution in [-0.2, 0) is 0 Å². The average molecular weight is 322 g/mol. The highest BCUT2D eigenvalue weighted by Gasteiger charge is 2.17. The standard InChI is InChI=1S/C16H17BrFN/c1-10-4-5-11(2)14(8-10)16(19-3)13-7-6-12(18)9-15(13)17/h4-9,16,19H,1-3H3. The van der Waals surface area contributed by atoms with Crippen molar-refractivity contribution in [3.05, 3.63) is 68.9 Å². The van der Waals surface area contributed by atoms with Gasteiger partial charge in [0.25, 0.3) is 0 Å². The Hall–Kier alpha value is -1.19. The lowest BCUT2D eigenvalue weighted by Crippen LogP contribution is -2.19. The van der Waals surface area contributed by atoms with Crippen LogP contribution in [0.1, 0.15) is 28.3 Å². The van der Waals surface area contributed by atoms with Crippen LogP contribution in [-0.4, -0.2) is 7.05 Å². The smallest absolute Gasteiger partial charge is 0.124 e. The van der Waals surface area contributed by atoms with Gasteiger partial charge in [0.2, 0.25) is 0 Å². The van der Waals surface area contributed by atoms with Gasteiger partial charge in [-0.05, 0) is 49.7 Å². The van der Waals surface area contributed by atoms with E-state index in [1.54, 1.807) is 0 Å². The van der Waals surface area contributed by atoms with E-state index in [9.17, 15) is 4.39 Å². The fourth-order valence-corrected chi connectivity index (χ4v) is 2.86. The SMILES string of the molecule is CNC(c1cc(C)ccc1C)c1ccc(F)cc1Br. The first-order valence-electron chi connectivity index (χ1n) is 6.22. The third-order valence-corrected chi connectivity index (χ3v) is 3.99. The maximum Gasteiger partial charge on any atom is 0.124 e. The van der Waals surface area contributed by atoms with Crippen LogP contribution in [0.5, 0.6) is 0 Å². The molecule has 2 rings (SSSR count). The highest BCUT2D eigenvalue weighted by atomic mass is 79.9. The van der Waals surface area contributed by atoms with Crippen molar-refractivity contribution in [3.8, 4) is 0 Å². The van der Waals surface area contributed by atoms with Gasteiger partial charge in [-0.2, -0.15) is 0 Å². The minimum absolute atomic E-state index is 0.0508. The average Bonchev–Trinajstić information content (AvgIpc) is 2.36. The van der Waals surface area contributed by atoms with Gasteiger partial charge in [0.05, 0.1) is 6.04 Å². The summed E-state index contributed by atoms with van der Waals surface area (Å²) in [7, 11) is 1.92. The van der Waals surface area contributed by atoms with E-state index in [1.165, 1.54) is 28.8 Å². The number of rotatable bonds is 3. The number of nitrogens with one attached hydrogen (secondary N) is 1. The van der Waals surface area contributed by atoms with Crippen LogP contribution in [0.2, 0.25) is 0 Å². The number of benzene rings is 2. The predicted molar refractivity (Wildman–Crippen MR) is 80.9 cm³/mol. The minimum atomic E-state index is -0.230. The predicted octanol–water partition coefficient (Wildman–Crippen LogP) is 4.51. The third-order valence-electron chi connectivity index (χ3n) is 3.31. The maximum atomic E-state index is 13.2. The Bertz CT molecular complexity index is 595. The molecule has 2 aromatic carbocycles. The second-order valence-electron chi connectivity index (χ2n) is 4.75. The van der Waals surface area contributed by atoms with Gasteiger partial charge in [0, 0.05) is 4.47 Å². The van der Waals surface area contributed by atoms with E-state index in [2.05, 4.69) is 53.3 Å². The van der Waals surface area contributed by atoms with E-state index in [0.29, 0.717) is 0 Å². The summed E-state index contributed by atoms with van der Waals surface area (Å²) in [6, 6.07) is 11.3. The molecule has 0 aromatic heterocycles. The molecule has 0 fully saturated rings. The monoisotopic (exact) mass is 321 g/mol. The summed E-state index contributed by atoms with van der Waals surface area (Å²) in [6.45, 7) is 4.17. The van der Waals surface area contributed by atoms with E-state index >= 15 is 0 Å². The molecule has 0 heterocycles. The fourth-order valence-electron chi connectivity index (χ4n) is 2.29. The lowest BCUT2D eigenvalue weighted by Gasteiger charge is -2.21. The largest absolute Gasteiger partial charge is 0.309 e. The molecule has 0 spiro atoms. The van der Waals surface area contributed by atoms with Gasteiger partial charge >= 0.3 is 0 Å². The van der Waals surface area contributed by atoms with Gasteiger partial charge in [0.1, 0.15) is 5.82 Å². The van der Waals surface area contributed by atoms with Gasteiger partial charge in [0.15, 0.2) is 0 Å². The van der Waals surface area contributed by atoms with Crippen molar-refractivity contribution < 1.29 is 4.39 Å². The van der Waals surface area contributed by atoms with Crippen LogP contribution in [0.3, 0.4) is 0 Å². The van der Waals surface area contributed by atoms with E-state index in [4.69, 9.17) is 0 Å². The van der Waals surface area contributed by atoms with Gasteiger partial charge < -0.3 is 5.32 Å². The molecule has 0 aliphatic heterocycles. The van der Waals surface area contributed by atoms with Crippen molar-refractivity contribution in [1.29, 1.82) is 0 Å². The van der Waals surface area contributed by atoms with Gasteiger partial charge in [-0.1, -0.05) is 45.8 Å². The molecule has 2 aromatic rings. The molecule has 0 bridgehead atoms. The van der Waals surface area contributed by atoms with E-state index < -0.39 is 0 Å². The van der Waals surface area contributed by atoms with Crippen molar-refractivity contribution in [3.63, 3.8) is 0 Å². The molecule has 0 aliphatic rings. The Morgan fingerprint density at radius 1 is 1.05 bits per heavy atom. The molecule has 0 aliphatic carbocycles. The van der Waals surface area contributed by atoms with E-state index in [-0.39, 0.29) is 11.9 Å². The molecule has 1 N–H and O–H groups in total. The van der Waals surface area contributed by atoms with Crippen LogP contribution >= 0.6 is 15.9 Å². The molecule has 100 valence electrons. The Balaban J connectivity index is 2.52.